The van der Waals surface area contributed by atoms with Gasteiger partial charge in [0.15, 0.2) is 0 Å². The first kappa shape index (κ1) is 9.14. The molecule has 0 aliphatic rings. The number of hydrogen-bond acceptors (Lipinski definition) is 3. The topological polar surface area (TPSA) is 46.5 Å². The van der Waals surface area contributed by atoms with Crippen LogP contribution < -0.4 is 0 Å². The molecule has 3 nitrogen and oxygen atoms in total. The van der Waals surface area contributed by atoms with Gasteiger partial charge in [-0.2, -0.15) is 0 Å². The Hall–Kier alpha value is -1.95. The first-order valence-corrected chi connectivity index (χ1v) is 3.61. The van der Waals surface area contributed by atoms with Crippen molar-refractivity contribution in [2.75, 3.05) is 7.11 Å². The summed E-state index contributed by atoms with van der Waals surface area (Å²) in [7, 11) is 1.26. The van der Waals surface area contributed by atoms with Gasteiger partial charge in [-0.1, -0.05) is 12.0 Å². The summed E-state index contributed by atoms with van der Waals surface area (Å²) in [6, 6.07) is 6.34. The molecular weight excluding hydrogens is 168 g/mol. The van der Waals surface area contributed by atoms with Crippen LogP contribution in [-0.2, 0) is 9.53 Å². The Kier molecular flexibility index (Phi) is 2.93. The lowest BCUT2D eigenvalue weighted by molar-refractivity contribution is -0.133. The summed E-state index contributed by atoms with van der Waals surface area (Å²) >= 11 is 0. The van der Waals surface area contributed by atoms with E-state index in [0.717, 1.165) is 0 Å². The summed E-state index contributed by atoms with van der Waals surface area (Å²) in [5.74, 6) is 4.33. The molecule has 3 heteroatoms. The second-order valence-electron chi connectivity index (χ2n) is 2.29. The number of phenolic OH excluding ortho intramolecular Hbond substituents is 1. The number of carbonyl (C=O) groups is 1. The monoisotopic (exact) mass is 176 g/mol. The van der Waals surface area contributed by atoms with Gasteiger partial charge in [0.25, 0.3) is 0 Å². The molecule has 0 spiro atoms. The van der Waals surface area contributed by atoms with Crippen molar-refractivity contribution in [1.29, 1.82) is 0 Å². The third kappa shape index (κ3) is 2.88. The largest absolute Gasteiger partial charge is 0.508 e. The SMILES string of the molecule is COC(=O)C#Cc1cccc(O)c1. The summed E-state index contributed by atoms with van der Waals surface area (Å²) in [6.45, 7) is 0. The Balaban J connectivity index is 2.83. The van der Waals surface area contributed by atoms with Crippen molar-refractivity contribution in [2.45, 2.75) is 0 Å². The van der Waals surface area contributed by atoms with Gasteiger partial charge in [-0.25, -0.2) is 4.79 Å². The number of methoxy groups -OCH3 is 1. The number of rotatable bonds is 0. The van der Waals surface area contributed by atoms with Crippen LogP contribution >= 0.6 is 0 Å². The lowest BCUT2D eigenvalue weighted by Crippen LogP contribution is -1.94. The van der Waals surface area contributed by atoms with E-state index in [0.29, 0.717) is 5.56 Å². The molecule has 0 heterocycles. The number of ether oxygens (including phenoxy) is 1. The molecule has 0 aromatic heterocycles. The van der Waals surface area contributed by atoms with Gasteiger partial charge in [0, 0.05) is 11.5 Å². The molecule has 0 fully saturated rings. The van der Waals surface area contributed by atoms with Crippen molar-refractivity contribution >= 4 is 5.97 Å². The fourth-order valence-corrected chi connectivity index (χ4v) is 0.758. The maximum absolute atomic E-state index is 10.6. The van der Waals surface area contributed by atoms with E-state index in [1.54, 1.807) is 12.1 Å². The van der Waals surface area contributed by atoms with Gasteiger partial charge >= 0.3 is 5.97 Å². The number of aromatic hydroxyl groups is 1. The highest BCUT2D eigenvalue weighted by molar-refractivity contribution is 5.89. The average Bonchev–Trinajstić information content (AvgIpc) is 2.14. The molecule has 0 unspecified atom stereocenters. The Morgan fingerprint density at radius 3 is 2.92 bits per heavy atom. The van der Waals surface area contributed by atoms with E-state index in [1.807, 2.05) is 0 Å². The second kappa shape index (κ2) is 4.17. The van der Waals surface area contributed by atoms with Crippen molar-refractivity contribution in [1.82, 2.24) is 0 Å². The fraction of sp³-hybridized carbons (Fsp3) is 0.100. The lowest BCUT2D eigenvalue weighted by atomic mass is 10.2. The van der Waals surface area contributed by atoms with E-state index in [2.05, 4.69) is 16.6 Å². The molecule has 0 amide bonds. The van der Waals surface area contributed by atoms with E-state index in [-0.39, 0.29) is 5.75 Å². The molecular formula is C10H8O3. The summed E-state index contributed by atoms with van der Waals surface area (Å²) in [6.07, 6.45) is 0. The molecule has 1 aromatic rings. The van der Waals surface area contributed by atoms with Crippen LogP contribution in [0.2, 0.25) is 0 Å². The molecule has 0 saturated carbocycles. The van der Waals surface area contributed by atoms with Gasteiger partial charge in [0.1, 0.15) is 5.75 Å². The summed E-state index contributed by atoms with van der Waals surface area (Å²) in [5, 5.41) is 9.05. The number of carbonyl (C=O) groups excluding carboxylic acids is 1. The van der Waals surface area contributed by atoms with Gasteiger partial charge < -0.3 is 9.84 Å². The molecule has 1 aromatic carbocycles. The summed E-state index contributed by atoms with van der Waals surface area (Å²) < 4.78 is 4.33. The predicted molar refractivity (Wildman–Crippen MR) is 47.0 cm³/mol. The van der Waals surface area contributed by atoms with Crippen LogP contribution in [0.1, 0.15) is 5.56 Å². The Bertz CT molecular complexity index is 371. The van der Waals surface area contributed by atoms with E-state index >= 15 is 0 Å². The normalized spacial score (nSPS) is 8.38. The van der Waals surface area contributed by atoms with Gasteiger partial charge in [-0.05, 0) is 18.2 Å². The maximum atomic E-state index is 10.6. The number of benzene rings is 1. The highest BCUT2D eigenvalue weighted by atomic mass is 16.5. The van der Waals surface area contributed by atoms with Crippen LogP contribution in [0.5, 0.6) is 5.75 Å². The average molecular weight is 176 g/mol. The van der Waals surface area contributed by atoms with Gasteiger partial charge in [-0.3, -0.25) is 0 Å². The minimum absolute atomic E-state index is 0.122. The third-order valence-corrected chi connectivity index (χ3v) is 1.34. The standard InChI is InChI=1S/C10H8O3/c1-13-10(12)6-5-8-3-2-4-9(11)7-8/h2-4,7,11H,1H3. The van der Waals surface area contributed by atoms with Crippen LogP contribution in [0.4, 0.5) is 0 Å². The van der Waals surface area contributed by atoms with E-state index in [1.165, 1.54) is 19.2 Å². The van der Waals surface area contributed by atoms with Gasteiger partial charge in [0.05, 0.1) is 7.11 Å². The van der Waals surface area contributed by atoms with E-state index < -0.39 is 5.97 Å². The highest BCUT2D eigenvalue weighted by Crippen LogP contribution is 2.09. The van der Waals surface area contributed by atoms with Crippen LogP contribution in [-0.4, -0.2) is 18.2 Å². The second-order valence-corrected chi connectivity index (χ2v) is 2.29. The first-order chi connectivity index (χ1) is 6.22. The number of hydrogen-bond donors (Lipinski definition) is 1. The Morgan fingerprint density at radius 2 is 2.31 bits per heavy atom. The van der Waals surface area contributed by atoms with E-state index in [4.69, 9.17) is 5.11 Å². The molecule has 0 atom stereocenters. The minimum Gasteiger partial charge on any atom is -0.508 e. The van der Waals surface area contributed by atoms with Crippen LogP contribution in [0, 0.1) is 11.8 Å². The van der Waals surface area contributed by atoms with Crippen molar-refractivity contribution < 1.29 is 14.6 Å². The van der Waals surface area contributed by atoms with Crippen molar-refractivity contribution in [2.24, 2.45) is 0 Å². The number of esters is 1. The van der Waals surface area contributed by atoms with Crippen LogP contribution in [0.15, 0.2) is 24.3 Å². The lowest BCUT2D eigenvalue weighted by Gasteiger charge is -1.91. The zero-order valence-electron chi connectivity index (χ0n) is 7.07. The third-order valence-electron chi connectivity index (χ3n) is 1.34. The minimum atomic E-state index is -0.594. The maximum Gasteiger partial charge on any atom is 0.384 e. The quantitative estimate of drug-likeness (QED) is 0.472. The molecule has 0 aliphatic heterocycles. The van der Waals surface area contributed by atoms with E-state index in [9.17, 15) is 4.79 Å². The molecule has 13 heavy (non-hydrogen) atoms. The van der Waals surface area contributed by atoms with Gasteiger partial charge in [-0.15, -0.1) is 0 Å². The number of phenols is 1. The van der Waals surface area contributed by atoms with Crippen LogP contribution in [0.3, 0.4) is 0 Å². The van der Waals surface area contributed by atoms with Crippen molar-refractivity contribution in [3.05, 3.63) is 29.8 Å². The van der Waals surface area contributed by atoms with Crippen molar-refractivity contribution in [3.8, 4) is 17.6 Å². The highest BCUT2D eigenvalue weighted by Gasteiger charge is 1.91. The molecule has 1 rings (SSSR count). The smallest absolute Gasteiger partial charge is 0.384 e. The summed E-state index contributed by atoms with van der Waals surface area (Å²) in [5.41, 5.74) is 0.574. The zero-order valence-corrected chi connectivity index (χ0v) is 7.07. The predicted octanol–water partition coefficient (Wildman–Crippen LogP) is 0.917. The fourth-order valence-electron chi connectivity index (χ4n) is 0.758. The molecule has 0 aliphatic carbocycles. The zero-order chi connectivity index (χ0) is 9.68. The van der Waals surface area contributed by atoms with Crippen molar-refractivity contribution in [3.63, 3.8) is 0 Å². The molecule has 1 N–H and O–H groups in total. The molecule has 0 radical (unpaired) electrons. The summed E-state index contributed by atoms with van der Waals surface area (Å²) in [4.78, 5) is 10.6. The molecule has 0 saturated heterocycles. The molecule has 0 bridgehead atoms. The Labute approximate surface area is 76.0 Å². The molecule has 66 valence electrons. The van der Waals surface area contributed by atoms with Crippen LogP contribution in [0.25, 0.3) is 0 Å². The Morgan fingerprint density at radius 1 is 1.54 bits per heavy atom. The first-order valence-electron chi connectivity index (χ1n) is 3.61. The van der Waals surface area contributed by atoms with Gasteiger partial charge in [0.2, 0.25) is 0 Å².